The molecule has 4 amide bonds. The minimum atomic E-state index is -1.44. The average molecular weight is 636 g/mol. The Kier molecular flexibility index (Phi) is 9.82. The van der Waals surface area contributed by atoms with Gasteiger partial charge < -0.3 is 25.2 Å². The van der Waals surface area contributed by atoms with Crippen molar-refractivity contribution in [3.8, 4) is 11.5 Å². The second-order valence-electron chi connectivity index (χ2n) is 12.1. The molecule has 244 valence electrons. The molecule has 0 atom stereocenters. The number of aromatic nitrogens is 1. The Bertz CT molecular complexity index is 1570. The van der Waals surface area contributed by atoms with Crippen LogP contribution in [-0.4, -0.2) is 90.9 Å². The van der Waals surface area contributed by atoms with Crippen LogP contribution in [0.5, 0.6) is 11.5 Å². The normalized spacial score (nSPS) is 16.1. The Morgan fingerprint density at radius 2 is 1.67 bits per heavy atom. The quantitative estimate of drug-likeness (QED) is 0.296. The van der Waals surface area contributed by atoms with Gasteiger partial charge in [0.1, 0.15) is 28.5 Å². The van der Waals surface area contributed by atoms with Crippen molar-refractivity contribution in [1.82, 2.24) is 19.7 Å². The molecule has 1 saturated heterocycles. The van der Waals surface area contributed by atoms with Gasteiger partial charge in [-0.05, 0) is 82.2 Å². The number of halogens is 2. The lowest BCUT2D eigenvalue weighted by Gasteiger charge is -2.37. The zero-order valence-electron chi connectivity index (χ0n) is 26.2. The number of pyridine rings is 1. The number of likely N-dealkylation sites (tertiary alicyclic amines) is 1. The van der Waals surface area contributed by atoms with E-state index in [1.165, 1.54) is 36.5 Å². The second kappa shape index (κ2) is 13.8. The molecule has 2 aromatic carbocycles. The molecule has 1 aliphatic heterocycles. The Morgan fingerprint density at radius 1 is 1.00 bits per heavy atom. The van der Waals surface area contributed by atoms with Crippen LogP contribution in [0, 0.1) is 17.0 Å². The van der Waals surface area contributed by atoms with Crippen molar-refractivity contribution in [1.29, 1.82) is 0 Å². The fourth-order valence-electron chi connectivity index (χ4n) is 5.51. The Hall–Kier alpha value is -4.62. The van der Waals surface area contributed by atoms with Crippen LogP contribution in [0.4, 0.5) is 30.8 Å². The number of rotatable bonds is 11. The molecule has 3 aromatic rings. The van der Waals surface area contributed by atoms with Gasteiger partial charge in [-0.25, -0.2) is 18.6 Å². The summed E-state index contributed by atoms with van der Waals surface area (Å²) in [5, 5.41) is 2.81. The van der Waals surface area contributed by atoms with Crippen LogP contribution >= 0.6 is 0 Å². The third kappa shape index (κ3) is 7.43. The van der Waals surface area contributed by atoms with Crippen molar-refractivity contribution in [2.75, 3.05) is 57.5 Å². The lowest BCUT2D eigenvalue weighted by molar-refractivity contribution is -0.133. The largest absolute Gasteiger partial charge is 0.457 e. The molecule has 2 heterocycles. The molecule has 0 unspecified atom stereocenters. The number of nitrogens with one attached hydrogen (secondary N) is 1. The van der Waals surface area contributed by atoms with E-state index < -0.39 is 28.9 Å². The number of nitrogens with zero attached hydrogens (tertiary/aromatic N) is 5. The number of anilines is 3. The van der Waals surface area contributed by atoms with Gasteiger partial charge in [0.2, 0.25) is 11.8 Å². The van der Waals surface area contributed by atoms with Crippen LogP contribution in [0.15, 0.2) is 60.8 Å². The highest BCUT2D eigenvalue weighted by Crippen LogP contribution is 2.49. The van der Waals surface area contributed by atoms with Gasteiger partial charge in [-0.2, -0.15) is 0 Å². The van der Waals surface area contributed by atoms with Gasteiger partial charge in [0.05, 0.1) is 5.69 Å². The number of ether oxygens (including phenoxy) is 1. The molecule has 1 aliphatic carbocycles. The number of piperidine rings is 1. The van der Waals surface area contributed by atoms with Crippen LogP contribution in [0.1, 0.15) is 25.7 Å². The molecule has 2 fully saturated rings. The van der Waals surface area contributed by atoms with E-state index >= 15 is 4.39 Å². The zero-order chi connectivity index (χ0) is 33.0. The van der Waals surface area contributed by atoms with E-state index in [0.29, 0.717) is 5.75 Å². The lowest BCUT2D eigenvalue weighted by Crippen LogP contribution is -2.48. The van der Waals surface area contributed by atoms with Gasteiger partial charge in [-0.1, -0.05) is 0 Å². The molecular weight excluding hydrogens is 596 g/mol. The maximum Gasteiger partial charge on any atom is 0.323 e. The van der Waals surface area contributed by atoms with Gasteiger partial charge in [0, 0.05) is 63.3 Å². The highest BCUT2D eigenvalue weighted by atomic mass is 19.1. The predicted molar refractivity (Wildman–Crippen MR) is 170 cm³/mol. The number of primary amides is 1. The molecule has 0 bridgehead atoms. The summed E-state index contributed by atoms with van der Waals surface area (Å²) in [6.07, 6.45) is 3.71. The minimum Gasteiger partial charge on any atom is -0.457 e. The third-order valence-corrected chi connectivity index (χ3v) is 8.57. The standard InChI is InChI=1S/C33H39F2N7O4/c1-39(2)18-19-41-16-11-23(12-17-41)40(3)32(45)38-29-21-26(10-15-37-29)46-25-8-9-28(27(35)20-25)42(24-6-4-22(34)5-7-24)31(44)33(13-14-33)30(36)43/h4-10,15,20-21,23H,11-14,16-19H2,1-3H3,(H2,36,43)(H,37,38,45). The SMILES string of the molecule is CN(C)CCN1CCC(N(C)C(=O)Nc2cc(Oc3ccc(N(C(=O)C4(C(N)=O)CC4)c4ccc(F)cc4)c(F)c3)ccn2)CC1. The first kappa shape index (κ1) is 32.8. The van der Waals surface area contributed by atoms with Crippen LogP contribution < -0.4 is 20.7 Å². The first-order chi connectivity index (χ1) is 22.0. The van der Waals surface area contributed by atoms with Crippen molar-refractivity contribution < 1.29 is 27.9 Å². The number of urea groups is 1. The van der Waals surface area contributed by atoms with E-state index in [0.717, 1.165) is 62.1 Å². The number of hydrogen-bond acceptors (Lipinski definition) is 7. The summed E-state index contributed by atoms with van der Waals surface area (Å²) in [7, 11) is 5.88. The summed E-state index contributed by atoms with van der Waals surface area (Å²) in [4.78, 5) is 50.2. The number of amides is 4. The Balaban J connectivity index is 1.25. The van der Waals surface area contributed by atoms with Gasteiger partial charge in [0.25, 0.3) is 0 Å². The first-order valence-corrected chi connectivity index (χ1v) is 15.2. The van der Waals surface area contributed by atoms with Gasteiger partial charge >= 0.3 is 6.03 Å². The van der Waals surface area contributed by atoms with Gasteiger partial charge in [-0.3, -0.25) is 19.8 Å². The van der Waals surface area contributed by atoms with Gasteiger partial charge in [0.15, 0.2) is 5.82 Å². The minimum absolute atomic E-state index is 0.107. The molecular formula is C33H39F2N7O4. The van der Waals surface area contributed by atoms with E-state index in [2.05, 4.69) is 34.2 Å². The lowest BCUT2D eigenvalue weighted by atomic mass is 10.0. The van der Waals surface area contributed by atoms with Crippen molar-refractivity contribution >= 4 is 35.0 Å². The van der Waals surface area contributed by atoms with Crippen molar-refractivity contribution in [2.45, 2.75) is 31.7 Å². The Morgan fingerprint density at radius 3 is 2.28 bits per heavy atom. The summed E-state index contributed by atoms with van der Waals surface area (Å²) >= 11 is 0. The summed E-state index contributed by atoms with van der Waals surface area (Å²) in [6, 6.07) is 11.7. The molecule has 3 N–H and O–H groups in total. The number of carbonyl (C=O) groups excluding carboxylic acids is 3. The fraction of sp³-hybridized carbons (Fsp3) is 0.394. The Labute approximate surface area is 266 Å². The number of benzene rings is 2. The van der Waals surface area contributed by atoms with E-state index in [9.17, 15) is 18.8 Å². The first-order valence-electron chi connectivity index (χ1n) is 15.2. The van der Waals surface area contributed by atoms with Crippen LogP contribution in [0.2, 0.25) is 0 Å². The number of likely N-dealkylation sites (N-methyl/N-ethyl adjacent to an activating group) is 1. The van der Waals surface area contributed by atoms with Crippen LogP contribution in [0.3, 0.4) is 0 Å². The van der Waals surface area contributed by atoms with Crippen molar-refractivity contribution in [3.63, 3.8) is 0 Å². The zero-order valence-corrected chi connectivity index (χ0v) is 26.2. The summed E-state index contributed by atoms with van der Waals surface area (Å²) in [6.45, 7) is 3.84. The molecule has 1 aromatic heterocycles. The molecule has 13 heteroatoms. The van der Waals surface area contributed by atoms with E-state index in [1.54, 1.807) is 18.0 Å². The topological polar surface area (TPSA) is 124 Å². The highest BCUT2D eigenvalue weighted by Gasteiger charge is 2.57. The molecule has 46 heavy (non-hydrogen) atoms. The molecule has 11 nitrogen and oxygen atoms in total. The third-order valence-electron chi connectivity index (χ3n) is 8.57. The van der Waals surface area contributed by atoms with Crippen LogP contribution in [-0.2, 0) is 9.59 Å². The molecule has 5 rings (SSSR count). The van der Waals surface area contributed by atoms with Gasteiger partial charge in [-0.15, -0.1) is 0 Å². The van der Waals surface area contributed by atoms with Crippen molar-refractivity contribution in [3.05, 3.63) is 72.4 Å². The average Bonchev–Trinajstić information content (AvgIpc) is 3.85. The highest BCUT2D eigenvalue weighted by molar-refractivity contribution is 6.16. The second-order valence-corrected chi connectivity index (χ2v) is 12.1. The number of nitrogens with two attached hydrogens (primary N) is 1. The molecule has 2 aliphatic rings. The number of carbonyl (C=O) groups is 3. The maximum atomic E-state index is 15.6. The van der Waals surface area contributed by atoms with Crippen LogP contribution in [0.25, 0.3) is 0 Å². The molecule has 0 spiro atoms. The number of hydrogen-bond donors (Lipinski definition) is 2. The molecule has 0 radical (unpaired) electrons. The fourth-order valence-corrected chi connectivity index (χ4v) is 5.51. The van der Waals surface area contributed by atoms with Crippen molar-refractivity contribution in [2.24, 2.45) is 11.1 Å². The summed E-state index contributed by atoms with van der Waals surface area (Å²) in [5.74, 6) is -2.15. The molecule has 1 saturated carbocycles. The smallest absolute Gasteiger partial charge is 0.323 e. The summed E-state index contributed by atoms with van der Waals surface area (Å²) < 4.78 is 35.1. The predicted octanol–water partition coefficient (Wildman–Crippen LogP) is 4.57. The van der Waals surface area contributed by atoms with E-state index in [-0.39, 0.29) is 47.9 Å². The van der Waals surface area contributed by atoms with E-state index in [1.807, 2.05) is 0 Å². The summed E-state index contributed by atoms with van der Waals surface area (Å²) in [5.41, 5.74) is 4.12. The monoisotopic (exact) mass is 635 g/mol. The van der Waals surface area contributed by atoms with E-state index in [4.69, 9.17) is 10.5 Å². The maximum absolute atomic E-state index is 15.6.